The van der Waals surface area contributed by atoms with Crippen molar-refractivity contribution in [3.8, 4) is 6.07 Å². The molecule has 0 heterocycles. The zero-order valence-electron chi connectivity index (χ0n) is 14.0. The normalized spacial score (nSPS) is 11.3. The van der Waals surface area contributed by atoms with Gasteiger partial charge in [-0.05, 0) is 29.8 Å². The summed E-state index contributed by atoms with van der Waals surface area (Å²) in [5.74, 6) is 0. The van der Waals surface area contributed by atoms with Crippen LogP contribution in [-0.4, -0.2) is 37.9 Å². The van der Waals surface area contributed by atoms with Crippen molar-refractivity contribution in [2.75, 3.05) is 20.3 Å². The van der Waals surface area contributed by atoms with E-state index in [0.717, 1.165) is 0 Å². The van der Waals surface area contributed by atoms with Crippen LogP contribution in [0.1, 0.15) is 11.1 Å². The predicted octanol–water partition coefficient (Wildman–Crippen LogP) is 2.30. The second-order valence-electron chi connectivity index (χ2n) is 5.39. The van der Waals surface area contributed by atoms with Gasteiger partial charge in [-0.3, -0.25) is 10.1 Å². The number of nitriles is 1. The fourth-order valence-electron chi connectivity index (χ4n) is 2.30. The van der Waals surface area contributed by atoms with Gasteiger partial charge in [0, 0.05) is 32.3 Å². The van der Waals surface area contributed by atoms with Crippen molar-refractivity contribution in [3.63, 3.8) is 0 Å². The lowest BCUT2D eigenvalue weighted by molar-refractivity contribution is -0.384. The van der Waals surface area contributed by atoms with Gasteiger partial charge >= 0.3 is 0 Å². The van der Waals surface area contributed by atoms with Crippen LogP contribution in [0.4, 0.5) is 5.69 Å². The van der Waals surface area contributed by atoms with Gasteiger partial charge in [0.2, 0.25) is 10.0 Å². The summed E-state index contributed by atoms with van der Waals surface area (Å²) in [7, 11) is -2.40. The second-order valence-corrected chi connectivity index (χ2v) is 7.33. The summed E-state index contributed by atoms with van der Waals surface area (Å²) in [6, 6.07) is 13.3. The Morgan fingerprint density at radius 1 is 1.23 bits per heavy atom. The lowest BCUT2D eigenvalue weighted by atomic mass is 10.2. The van der Waals surface area contributed by atoms with Gasteiger partial charge in [-0.25, -0.2) is 8.42 Å². The Morgan fingerprint density at radius 3 is 2.50 bits per heavy atom. The quantitative estimate of drug-likeness (QED) is 0.517. The number of nitrogens with zero attached hydrogens (tertiary/aromatic N) is 3. The monoisotopic (exact) mass is 375 g/mol. The molecule has 136 valence electrons. The maximum Gasteiger partial charge on any atom is 0.269 e. The van der Waals surface area contributed by atoms with Crippen LogP contribution in [0, 0.1) is 21.4 Å². The molecule has 0 bridgehead atoms. The number of hydrogen-bond acceptors (Lipinski definition) is 6. The van der Waals surface area contributed by atoms with Gasteiger partial charge in [0.25, 0.3) is 5.69 Å². The number of hydrogen-bond donors (Lipinski definition) is 0. The molecular formula is C17H17N3O5S. The summed E-state index contributed by atoms with van der Waals surface area (Å²) in [6.45, 7) is 0.222. The Labute approximate surface area is 151 Å². The first-order valence-electron chi connectivity index (χ1n) is 7.61. The summed E-state index contributed by atoms with van der Waals surface area (Å²) in [5, 5.41) is 19.8. The van der Waals surface area contributed by atoms with Gasteiger partial charge in [0.1, 0.15) is 0 Å². The zero-order valence-corrected chi connectivity index (χ0v) is 14.8. The standard InChI is InChI=1S/C17H17N3O5S/c1-25-10-9-19(13-15-3-2-4-16(11-15)20(21)22)26(23,24)17-7-5-14(12-18)6-8-17/h2-8,11H,9-10,13H2,1H3. The molecule has 8 nitrogen and oxygen atoms in total. The van der Waals surface area contributed by atoms with Crippen molar-refractivity contribution in [2.45, 2.75) is 11.4 Å². The number of methoxy groups -OCH3 is 1. The van der Waals surface area contributed by atoms with Crippen molar-refractivity contribution >= 4 is 15.7 Å². The van der Waals surface area contributed by atoms with E-state index < -0.39 is 14.9 Å². The largest absolute Gasteiger partial charge is 0.383 e. The van der Waals surface area contributed by atoms with Crippen molar-refractivity contribution < 1.29 is 18.1 Å². The molecule has 0 saturated heterocycles. The van der Waals surface area contributed by atoms with E-state index in [-0.39, 0.29) is 30.3 Å². The van der Waals surface area contributed by atoms with Gasteiger partial charge in [0.15, 0.2) is 0 Å². The third-order valence-corrected chi connectivity index (χ3v) is 5.51. The first-order chi connectivity index (χ1) is 12.4. The van der Waals surface area contributed by atoms with Gasteiger partial charge in [-0.2, -0.15) is 9.57 Å². The fraction of sp³-hybridized carbons (Fsp3) is 0.235. The SMILES string of the molecule is COCCN(Cc1cccc([N+](=O)[O-])c1)S(=O)(=O)c1ccc(C#N)cc1. The van der Waals surface area contributed by atoms with E-state index in [0.29, 0.717) is 11.1 Å². The third-order valence-electron chi connectivity index (χ3n) is 3.65. The maximum absolute atomic E-state index is 12.9. The molecule has 0 aliphatic rings. The van der Waals surface area contributed by atoms with Gasteiger partial charge in [-0.1, -0.05) is 12.1 Å². The Kier molecular flexibility index (Phi) is 6.41. The molecule has 26 heavy (non-hydrogen) atoms. The Balaban J connectivity index is 2.34. The molecule has 0 atom stereocenters. The van der Waals surface area contributed by atoms with Crippen LogP contribution < -0.4 is 0 Å². The van der Waals surface area contributed by atoms with Gasteiger partial charge in [-0.15, -0.1) is 0 Å². The van der Waals surface area contributed by atoms with E-state index in [1.54, 1.807) is 6.07 Å². The number of nitro benzene ring substituents is 1. The summed E-state index contributed by atoms with van der Waals surface area (Å²) in [4.78, 5) is 10.4. The molecule has 0 aliphatic heterocycles. The number of benzene rings is 2. The third kappa shape index (κ3) is 4.64. The van der Waals surface area contributed by atoms with E-state index in [1.165, 1.54) is 53.9 Å². The lowest BCUT2D eigenvalue weighted by Crippen LogP contribution is -2.33. The minimum atomic E-state index is -3.86. The van der Waals surface area contributed by atoms with E-state index >= 15 is 0 Å². The highest BCUT2D eigenvalue weighted by Crippen LogP contribution is 2.21. The lowest BCUT2D eigenvalue weighted by Gasteiger charge is -2.22. The van der Waals surface area contributed by atoms with Crippen LogP contribution in [0.5, 0.6) is 0 Å². The molecule has 0 radical (unpaired) electrons. The second kappa shape index (κ2) is 8.53. The number of sulfonamides is 1. The molecule has 2 aromatic rings. The van der Waals surface area contributed by atoms with E-state index in [2.05, 4.69) is 0 Å². The van der Waals surface area contributed by atoms with Crippen LogP contribution in [0.2, 0.25) is 0 Å². The molecule has 0 spiro atoms. The summed E-state index contributed by atoms with van der Waals surface area (Å²) in [5.41, 5.74) is 0.739. The van der Waals surface area contributed by atoms with Crippen molar-refractivity contribution in [1.29, 1.82) is 5.26 Å². The number of non-ortho nitro benzene ring substituents is 1. The van der Waals surface area contributed by atoms with Gasteiger partial charge < -0.3 is 4.74 Å². The Morgan fingerprint density at radius 2 is 1.92 bits per heavy atom. The molecule has 2 rings (SSSR count). The molecular weight excluding hydrogens is 358 g/mol. The topological polar surface area (TPSA) is 114 Å². The summed E-state index contributed by atoms with van der Waals surface area (Å²) in [6.07, 6.45) is 0. The Bertz CT molecular complexity index is 920. The van der Waals surface area contributed by atoms with Gasteiger partial charge in [0.05, 0.1) is 28.1 Å². The highest BCUT2D eigenvalue weighted by molar-refractivity contribution is 7.89. The smallest absolute Gasteiger partial charge is 0.269 e. The number of rotatable bonds is 8. The van der Waals surface area contributed by atoms with Crippen LogP contribution in [0.15, 0.2) is 53.4 Å². The van der Waals surface area contributed by atoms with Crippen LogP contribution in [0.3, 0.4) is 0 Å². The van der Waals surface area contributed by atoms with Crippen molar-refractivity contribution in [3.05, 3.63) is 69.8 Å². The molecule has 2 aromatic carbocycles. The molecule has 0 saturated carbocycles. The zero-order chi connectivity index (χ0) is 19.2. The maximum atomic E-state index is 12.9. The fourth-order valence-corrected chi connectivity index (χ4v) is 3.71. The number of nitro groups is 1. The van der Waals surface area contributed by atoms with Crippen LogP contribution in [-0.2, 0) is 21.3 Å². The van der Waals surface area contributed by atoms with E-state index in [1.807, 2.05) is 6.07 Å². The molecule has 0 N–H and O–H groups in total. The van der Waals surface area contributed by atoms with Crippen LogP contribution >= 0.6 is 0 Å². The molecule has 0 aliphatic carbocycles. The average molecular weight is 375 g/mol. The molecule has 0 amide bonds. The predicted molar refractivity (Wildman–Crippen MR) is 93.7 cm³/mol. The van der Waals surface area contributed by atoms with Crippen molar-refractivity contribution in [1.82, 2.24) is 4.31 Å². The van der Waals surface area contributed by atoms with Crippen LogP contribution in [0.25, 0.3) is 0 Å². The summed E-state index contributed by atoms with van der Waals surface area (Å²) < 4.78 is 32.0. The van der Waals surface area contributed by atoms with E-state index in [9.17, 15) is 18.5 Å². The minimum absolute atomic E-state index is 0.0344. The molecule has 0 unspecified atom stereocenters. The highest BCUT2D eigenvalue weighted by Gasteiger charge is 2.25. The Hall–Kier alpha value is -2.80. The molecule has 0 fully saturated rings. The summed E-state index contributed by atoms with van der Waals surface area (Å²) >= 11 is 0. The number of ether oxygens (including phenoxy) is 1. The molecule has 0 aromatic heterocycles. The van der Waals surface area contributed by atoms with Crippen molar-refractivity contribution in [2.24, 2.45) is 0 Å². The minimum Gasteiger partial charge on any atom is -0.383 e. The first-order valence-corrected chi connectivity index (χ1v) is 9.05. The average Bonchev–Trinajstić information content (AvgIpc) is 2.65. The molecule has 9 heteroatoms. The highest BCUT2D eigenvalue weighted by atomic mass is 32.2. The first kappa shape index (κ1) is 19.5. The van der Waals surface area contributed by atoms with E-state index in [4.69, 9.17) is 10.00 Å².